The summed E-state index contributed by atoms with van der Waals surface area (Å²) in [7, 11) is 1.65. The van der Waals surface area contributed by atoms with Crippen molar-refractivity contribution in [2.45, 2.75) is 25.9 Å². The fourth-order valence-electron chi connectivity index (χ4n) is 5.37. The Labute approximate surface area is 239 Å². The molecular formula is C32H29N5O2S. The number of nitrogens with one attached hydrogen (secondary N) is 1. The zero-order valence-electron chi connectivity index (χ0n) is 22.5. The van der Waals surface area contributed by atoms with Crippen LogP contribution >= 0.6 is 12.2 Å². The molecule has 3 aromatic heterocycles. The number of anilines is 1. The number of methoxy groups -OCH3 is 1. The second-order valence-corrected chi connectivity index (χ2v) is 10.0. The molecule has 200 valence electrons. The minimum absolute atomic E-state index is 0.118. The molecule has 0 unspecified atom stereocenters. The lowest BCUT2D eigenvalue weighted by molar-refractivity contribution is 0.413. The molecule has 40 heavy (non-hydrogen) atoms. The number of hydrogen-bond donors (Lipinski definition) is 1. The number of aryl methyl sites for hydroxylation is 1. The van der Waals surface area contributed by atoms with Crippen LogP contribution in [0.15, 0.2) is 104 Å². The van der Waals surface area contributed by atoms with Crippen LogP contribution in [0.3, 0.4) is 0 Å². The molecule has 1 fully saturated rings. The zero-order valence-corrected chi connectivity index (χ0v) is 23.3. The Kier molecular flexibility index (Phi) is 6.92. The Morgan fingerprint density at radius 3 is 2.20 bits per heavy atom. The summed E-state index contributed by atoms with van der Waals surface area (Å²) in [5.74, 6) is 2.26. The van der Waals surface area contributed by atoms with Crippen molar-refractivity contribution >= 4 is 23.0 Å². The highest BCUT2D eigenvalue weighted by Gasteiger charge is 2.42. The lowest BCUT2D eigenvalue weighted by Gasteiger charge is -2.28. The Hall–Kier alpha value is -4.69. The van der Waals surface area contributed by atoms with Crippen molar-refractivity contribution in [1.82, 2.24) is 19.9 Å². The van der Waals surface area contributed by atoms with E-state index in [-0.39, 0.29) is 12.1 Å². The topological polar surface area (TPSA) is 64.4 Å². The van der Waals surface area contributed by atoms with Crippen LogP contribution in [0.5, 0.6) is 17.2 Å². The van der Waals surface area contributed by atoms with Crippen LogP contribution in [0, 0.1) is 13.8 Å². The quantitative estimate of drug-likeness (QED) is 0.223. The van der Waals surface area contributed by atoms with Gasteiger partial charge in [0.25, 0.3) is 0 Å². The smallest absolute Gasteiger partial charge is 0.174 e. The third-order valence-electron chi connectivity index (χ3n) is 7.20. The van der Waals surface area contributed by atoms with Gasteiger partial charge < -0.3 is 24.3 Å². The van der Waals surface area contributed by atoms with E-state index >= 15 is 0 Å². The normalized spacial score (nSPS) is 16.6. The highest BCUT2D eigenvalue weighted by atomic mass is 32.1. The van der Waals surface area contributed by atoms with Crippen molar-refractivity contribution in [1.29, 1.82) is 0 Å². The molecule has 0 bridgehead atoms. The summed E-state index contributed by atoms with van der Waals surface area (Å²) in [6, 6.07) is 27.5. The van der Waals surface area contributed by atoms with Crippen molar-refractivity contribution in [3.63, 3.8) is 0 Å². The van der Waals surface area contributed by atoms with Gasteiger partial charge in [-0.3, -0.25) is 9.97 Å². The van der Waals surface area contributed by atoms with Crippen molar-refractivity contribution in [2.75, 3.05) is 12.0 Å². The maximum Gasteiger partial charge on any atom is 0.174 e. The Balaban J connectivity index is 1.38. The summed E-state index contributed by atoms with van der Waals surface area (Å²) >= 11 is 5.94. The second kappa shape index (κ2) is 10.8. The molecular weight excluding hydrogens is 518 g/mol. The molecule has 6 rings (SSSR count). The predicted molar refractivity (Wildman–Crippen MR) is 160 cm³/mol. The molecule has 2 atom stereocenters. The zero-order chi connectivity index (χ0) is 27.6. The van der Waals surface area contributed by atoms with Crippen LogP contribution in [0.2, 0.25) is 0 Å². The summed E-state index contributed by atoms with van der Waals surface area (Å²) in [5, 5.41) is 4.21. The molecule has 1 saturated heterocycles. The standard InChI is InChI=1S/C32H29N5O2S/c1-21-19-28(22(2)36(21)24-7-6-17-33-20-24)31-30(29-8-4-5-18-34-29)35-32(40)37(31)23-9-11-26(12-10-23)39-27-15-13-25(38-3)14-16-27/h4-20,30-31H,1-3H3,(H,35,40)/t30-,31+/m1/s1. The second-order valence-electron chi connectivity index (χ2n) is 9.64. The van der Waals surface area contributed by atoms with Crippen LogP contribution < -0.4 is 19.7 Å². The molecule has 1 aliphatic rings. The Bertz CT molecular complexity index is 1620. The van der Waals surface area contributed by atoms with Crippen LogP contribution in [0.1, 0.15) is 34.7 Å². The third kappa shape index (κ3) is 4.78. The average Bonchev–Trinajstić information content (AvgIpc) is 3.49. The average molecular weight is 548 g/mol. The number of aromatic nitrogens is 3. The minimum Gasteiger partial charge on any atom is -0.497 e. The van der Waals surface area contributed by atoms with Crippen LogP contribution in [0.4, 0.5) is 5.69 Å². The van der Waals surface area contributed by atoms with Gasteiger partial charge in [-0.1, -0.05) is 6.07 Å². The van der Waals surface area contributed by atoms with E-state index in [9.17, 15) is 0 Å². The first-order valence-corrected chi connectivity index (χ1v) is 13.5. The van der Waals surface area contributed by atoms with Crippen LogP contribution in [-0.4, -0.2) is 26.8 Å². The van der Waals surface area contributed by atoms with Gasteiger partial charge in [-0.2, -0.15) is 0 Å². The first-order valence-electron chi connectivity index (χ1n) is 13.1. The van der Waals surface area contributed by atoms with E-state index in [1.54, 1.807) is 13.3 Å². The monoisotopic (exact) mass is 547 g/mol. The fraction of sp³-hybridized carbons (Fsp3) is 0.156. The lowest BCUT2D eigenvalue weighted by atomic mass is 9.96. The molecule has 0 radical (unpaired) electrons. The third-order valence-corrected chi connectivity index (χ3v) is 7.52. The molecule has 7 nitrogen and oxygen atoms in total. The molecule has 4 heterocycles. The highest BCUT2D eigenvalue weighted by molar-refractivity contribution is 7.80. The molecule has 1 aliphatic heterocycles. The van der Waals surface area contributed by atoms with Gasteiger partial charge in [0.2, 0.25) is 0 Å². The number of nitrogens with zero attached hydrogens (tertiary/aromatic N) is 4. The van der Waals surface area contributed by atoms with Gasteiger partial charge in [-0.05, 0) is 110 Å². The van der Waals surface area contributed by atoms with Gasteiger partial charge in [0.15, 0.2) is 5.11 Å². The molecule has 0 saturated carbocycles. The van der Waals surface area contributed by atoms with E-state index in [1.807, 2.05) is 85.2 Å². The molecule has 5 aromatic rings. The predicted octanol–water partition coefficient (Wildman–Crippen LogP) is 6.86. The SMILES string of the molecule is COc1ccc(Oc2ccc(N3C(=S)N[C@H](c4ccccn4)[C@@H]3c3cc(C)n(-c4cccnc4)c3C)cc2)cc1. The summed E-state index contributed by atoms with van der Waals surface area (Å²) in [6.07, 6.45) is 5.50. The Morgan fingerprint density at radius 2 is 1.55 bits per heavy atom. The van der Waals surface area contributed by atoms with Crippen LogP contribution in [-0.2, 0) is 0 Å². The molecule has 1 N–H and O–H groups in total. The van der Waals surface area contributed by atoms with Gasteiger partial charge in [-0.15, -0.1) is 0 Å². The van der Waals surface area contributed by atoms with Crippen molar-refractivity contribution in [3.05, 3.63) is 126 Å². The van der Waals surface area contributed by atoms with E-state index < -0.39 is 0 Å². The number of pyridine rings is 2. The largest absolute Gasteiger partial charge is 0.497 e. The van der Waals surface area contributed by atoms with Gasteiger partial charge in [-0.25, -0.2) is 0 Å². The first-order chi connectivity index (χ1) is 19.5. The number of thiocarbonyl (C=S) groups is 1. The molecule has 0 spiro atoms. The first kappa shape index (κ1) is 25.6. The van der Waals surface area contributed by atoms with Crippen LogP contribution in [0.25, 0.3) is 5.69 Å². The number of rotatable bonds is 7. The Morgan fingerprint density at radius 1 is 0.825 bits per heavy atom. The van der Waals surface area contributed by atoms with E-state index in [0.717, 1.165) is 45.7 Å². The van der Waals surface area contributed by atoms with E-state index in [4.69, 9.17) is 26.7 Å². The van der Waals surface area contributed by atoms with Crippen molar-refractivity contribution < 1.29 is 9.47 Å². The maximum atomic E-state index is 6.07. The summed E-state index contributed by atoms with van der Waals surface area (Å²) < 4.78 is 13.6. The number of benzene rings is 2. The van der Waals surface area contributed by atoms with Gasteiger partial charge in [0, 0.05) is 29.5 Å². The minimum atomic E-state index is -0.133. The molecule has 2 aromatic carbocycles. The molecule has 8 heteroatoms. The highest BCUT2D eigenvalue weighted by Crippen LogP contribution is 2.44. The lowest BCUT2D eigenvalue weighted by Crippen LogP contribution is -2.29. The fourth-order valence-corrected chi connectivity index (χ4v) is 5.72. The van der Waals surface area contributed by atoms with E-state index in [0.29, 0.717) is 5.11 Å². The number of ether oxygens (including phenoxy) is 2. The van der Waals surface area contributed by atoms with Crippen molar-refractivity contribution in [3.8, 4) is 22.9 Å². The summed E-state index contributed by atoms with van der Waals surface area (Å²) in [4.78, 5) is 11.2. The summed E-state index contributed by atoms with van der Waals surface area (Å²) in [6.45, 7) is 4.27. The van der Waals surface area contributed by atoms with E-state index in [1.165, 1.54) is 5.56 Å². The van der Waals surface area contributed by atoms with Gasteiger partial charge >= 0.3 is 0 Å². The van der Waals surface area contributed by atoms with Crippen molar-refractivity contribution in [2.24, 2.45) is 0 Å². The molecule has 0 amide bonds. The number of hydrogen-bond acceptors (Lipinski definition) is 5. The maximum absolute atomic E-state index is 6.07. The summed E-state index contributed by atoms with van der Waals surface area (Å²) in [5.41, 5.74) is 6.35. The van der Waals surface area contributed by atoms with Gasteiger partial charge in [0.05, 0.1) is 36.8 Å². The van der Waals surface area contributed by atoms with Gasteiger partial charge in [0.1, 0.15) is 17.2 Å². The molecule has 0 aliphatic carbocycles. The van der Waals surface area contributed by atoms with E-state index in [2.05, 4.69) is 45.7 Å².